The number of halogens is 1. The molecule has 1 saturated carbocycles. The summed E-state index contributed by atoms with van der Waals surface area (Å²) in [5.74, 6) is 0.0601. The third kappa shape index (κ3) is 2.41. The van der Waals surface area contributed by atoms with Gasteiger partial charge < -0.3 is 0 Å². The summed E-state index contributed by atoms with van der Waals surface area (Å²) in [6, 6.07) is 7.79. The lowest BCUT2D eigenvalue weighted by molar-refractivity contribution is -0.142. The number of hydrogen-bond acceptors (Lipinski definition) is 2. The van der Waals surface area contributed by atoms with Gasteiger partial charge in [-0.05, 0) is 30.5 Å². The Labute approximate surface area is 127 Å². The van der Waals surface area contributed by atoms with Gasteiger partial charge in [0.05, 0.1) is 12.0 Å². The van der Waals surface area contributed by atoms with Gasteiger partial charge in [-0.1, -0.05) is 47.3 Å². The number of nitrogens with zero attached hydrogens (tertiary/aromatic N) is 1. The maximum absolute atomic E-state index is 12.7. The van der Waals surface area contributed by atoms with E-state index in [-0.39, 0.29) is 17.2 Å². The van der Waals surface area contributed by atoms with Crippen molar-refractivity contribution < 1.29 is 9.59 Å². The molecule has 1 aliphatic carbocycles. The van der Waals surface area contributed by atoms with Crippen molar-refractivity contribution in [3.8, 4) is 0 Å². The number of amides is 2. The van der Waals surface area contributed by atoms with Crippen LogP contribution in [-0.2, 0) is 16.1 Å². The number of hydrogen-bond donors (Lipinski definition) is 0. The molecule has 1 heterocycles. The topological polar surface area (TPSA) is 37.4 Å². The van der Waals surface area contributed by atoms with Crippen molar-refractivity contribution in [2.24, 2.45) is 5.41 Å². The summed E-state index contributed by atoms with van der Waals surface area (Å²) < 4.78 is 1.00. The first-order chi connectivity index (χ1) is 9.61. The second-order valence-corrected chi connectivity index (χ2v) is 6.84. The molecule has 0 atom stereocenters. The van der Waals surface area contributed by atoms with Crippen LogP contribution in [0.4, 0.5) is 0 Å². The zero-order valence-electron chi connectivity index (χ0n) is 11.4. The van der Waals surface area contributed by atoms with Gasteiger partial charge in [-0.2, -0.15) is 0 Å². The van der Waals surface area contributed by atoms with Crippen LogP contribution < -0.4 is 0 Å². The summed E-state index contributed by atoms with van der Waals surface area (Å²) >= 11 is 3.39. The highest BCUT2D eigenvalue weighted by Crippen LogP contribution is 2.45. The monoisotopic (exact) mass is 335 g/mol. The van der Waals surface area contributed by atoms with E-state index in [0.717, 1.165) is 35.7 Å². The Kier molecular flexibility index (Phi) is 3.67. The number of carbonyl (C=O) groups excluding carboxylic acids is 2. The number of rotatable bonds is 2. The number of likely N-dealkylation sites (tertiary alicyclic amines) is 1. The summed E-state index contributed by atoms with van der Waals surface area (Å²) in [7, 11) is 0. The van der Waals surface area contributed by atoms with Crippen molar-refractivity contribution in [2.75, 3.05) is 0 Å². The van der Waals surface area contributed by atoms with E-state index in [1.54, 1.807) is 0 Å². The number of carbonyl (C=O) groups is 2. The quantitative estimate of drug-likeness (QED) is 0.773. The molecule has 1 aromatic rings. The Balaban J connectivity index is 1.78. The molecule has 0 aromatic heterocycles. The van der Waals surface area contributed by atoms with E-state index < -0.39 is 0 Å². The van der Waals surface area contributed by atoms with E-state index in [4.69, 9.17) is 0 Å². The Morgan fingerprint density at radius 3 is 2.35 bits per heavy atom. The van der Waals surface area contributed by atoms with Crippen molar-refractivity contribution in [3.05, 3.63) is 34.3 Å². The van der Waals surface area contributed by atoms with Gasteiger partial charge in [0.15, 0.2) is 0 Å². The lowest BCUT2D eigenvalue weighted by Crippen LogP contribution is -2.36. The van der Waals surface area contributed by atoms with E-state index in [1.165, 1.54) is 11.3 Å². The first kappa shape index (κ1) is 13.8. The van der Waals surface area contributed by atoms with Gasteiger partial charge in [-0.15, -0.1) is 0 Å². The fourth-order valence-electron chi connectivity index (χ4n) is 3.41. The molecule has 2 amide bonds. The Hall–Kier alpha value is -1.16. The first-order valence-electron chi connectivity index (χ1n) is 7.20. The molecule has 1 spiro atoms. The van der Waals surface area contributed by atoms with Crippen molar-refractivity contribution >= 4 is 27.7 Å². The Bertz CT molecular complexity index is 532. The number of imide groups is 1. The highest BCUT2D eigenvalue weighted by molar-refractivity contribution is 9.10. The molecule has 1 aliphatic heterocycles. The molecule has 0 bridgehead atoms. The van der Waals surface area contributed by atoms with E-state index >= 15 is 0 Å². The average Bonchev–Trinajstić information content (AvgIpc) is 2.67. The van der Waals surface area contributed by atoms with Gasteiger partial charge in [0, 0.05) is 10.9 Å². The van der Waals surface area contributed by atoms with Crippen molar-refractivity contribution in [2.45, 2.75) is 45.1 Å². The fourth-order valence-corrected chi connectivity index (χ4v) is 3.68. The van der Waals surface area contributed by atoms with Crippen LogP contribution in [0.25, 0.3) is 0 Å². The molecule has 106 valence electrons. The lowest BCUT2D eigenvalue weighted by Gasteiger charge is -2.30. The molecular weight excluding hydrogens is 318 g/mol. The smallest absolute Gasteiger partial charge is 0.236 e. The van der Waals surface area contributed by atoms with Crippen LogP contribution >= 0.6 is 15.9 Å². The lowest BCUT2D eigenvalue weighted by atomic mass is 9.73. The summed E-state index contributed by atoms with van der Waals surface area (Å²) in [6.07, 6.45) is 5.53. The van der Waals surface area contributed by atoms with E-state index in [1.807, 2.05) is 24.3 Å². The van der Waals surface area contributed by atoms with Gasteiger partial charge in [0.1, 0.15) is 0 Å². The second-order valence-electron chi connectivity index (χ2n) is 5.93. The van der Waals surface area contributed by atoms with Gasteiger partial charge in [-0.3, -0.25) is 14.5 Å². The predicted octanol–water partition coefficient (Wildman–Crippen LogP) is 3.66. The third-order valence-corrected chi connectivity index (χ3v) is 5.08. The molecule has 3 nitrogen and oxygen atoms in total. The van der Waals surface area contributed by atoms with Crippen LogP contribution in [0.1, 0.15) is 44.1 Å². The number of benzene rings is 1. The largest absolute Gasteiger partial charge is 0.278 e. The maximum Gasteiger partial charge on any atom is 0.236 e. The Morgan fingerprint density at radius 2 is 1.70 bits per heavy atom. The first-order valence-corrected chi connectivity index (χ1v) is 7.99. The van der Waals surface area contributed by atoms with Gasteiger partial charge in [0.2, 0.25) is 11.8 Å². The molecule has 2 aliphatic rings. The summed E-state index contributed by atoms with van der Waals surface area (Å²) in [5, 5.41) is 0. The standard InChI is InChI=1S/C16H18BrNO2/c17-13-6-4-12(5-7-13)11-18-14(19)10-16(15(18)20)8-2-1-3-9-16/h4-7H,1-3,8-11H2. The minimum Gasteiger partial charge on any atom is -0.278 e. The van der Waals surface area contributed by atoms with E-state index in [9.17, 15) is 9.59 Å². The average molecular weight is 336 g/mol. The molecule has 1 aromatic carbocycles. The molecular formula is C16H18BrNO2. The fraction of sp³-hybridized carbons (Fsp3) is 0.500. The maximum atomic E-state index is 12.7. The molecule has 2 fully saturated rings. The molecule has 20 heavy (non-hydrogen) atoms. The SMILES string of the molecule is O=C1CC2(CCCCC2)C(=O)N1Cc1ccc(Br)cc1. The van der Waals surface area contributed by atoms with E-state index in [0.29, 0.717) is 13.0 Å². The third-order valence-electron chi connectivity index (χ3n) is 4.55. The Morgan fingerprint density at radius 1 is 1.05 bits per heavy atom. The zero-order chi connectivity index (χ0) is 14.2. The second kappa shape index (κ2) is 5.32. The van der Waals surface area contributed by atoms with Crippen molar-refractivity contribution in [1.82, 2.24) is 4.90 Å². The van der Waals surface area contributed by atoms with Gasteiger partial charge >= 0.3 is 0 Å². The van der Waals surface area contributed by atoms with Crippen LogP contribution in [0.5, 0.6) is 0 Å². The predicted molar refractivity (Wildman–Crippen MR) is 79.8 cm³/mol. The van der Waals surface area contributed by atoms with Gasteiger partial charge in [-0.25, -0.2) is 0 Å². The molecule has 3 rings (SSSR count). The minimum absolute atomic E-state index is 0.000168. The molecule has 0 N–H and O–H groups in total. The zero-order valence-corrected chi connectivity index (χ0v) is 13.0. The molecule has 0 unspecified atom stereocenters. The highest BCUT2D eigenvalue weighted by atomic mass is 79.9. The summed E-state index contributed by atoms with van der Waals surface area (Å²) in [4.78, 5) is 26.4. The van der Waals surface area contributed by atoms with Crippen LogP contribution in [0.15, 0.2) is 28.7 Å². The summed E-state index contributed by atoms with van der Waals surface area (Å²) in [5.41, 5.74) is 0.632. The normalized spacial score (nSPS) is 21.8. The molecule has 1 saturated heterocycles. The van der Waals surface area contributed by atoms with Crippen molar-refractivity contribution in [3.63, 3.8) is 0 Å². The highest BCUT2D eigenvalue weighted by Gasteiger charge is 2.51. The van der Waals surface area contributed by atoms with Crippen LogP contribution in [0, 0.1) is 5.41 Å². The van der Waals surface area contributed by atoms with Crippen molar-refractivity contribution in [1.29, 1.82) is 0 Å². The van der Waals surface area contributed by atoms with E-state index in [2.05, 4.69) is 15.9 Å². The minimum atomic E-state index is -0.370. The van der Waals surface area contributed by atoms with Crippen LogP contribution in [0.2, 0.25) is 0 Å². The van der Waals surface area contributed by atoms with Crippen LogP contribution in [0.3, 0.4) is 0 Å². The van der Waals surface area contributed by atoms with Crippen LogP contribution in [-0.4, -0.2) is 16.7 Å². The summed E-state index contributed by atoms with van der Waals surface area (Å²) in [6.45, 7) is 0.409. The molecule has 0 radical (unpaired) electrons. The molecule has 4 heteroatoms. The van der Waals surface area contributed by atoms with Gasteiger partial charge in [0.25, 0.3) is 0 Å².